The van der Waals surface area contributed by atoms with Crippen molar-refractivity contribution >= 4 is 40.6 Å². The second-order valence-electron chi connectivity index (χ2n) is 8.54. The van der Waals surface area contributed by atoms with Crippen LogP contribution >= 0.6 is 23.4 Å². The van der Waals surface area contributed by atoms with Gasteiger partial charge in [-0.15, -0.1) is 0 Å². The first-order chi connectivity index (χ1) is 16.2. The molecule has 7 heteroatoms. The number of rotatable bonds is 7. The van der Waals surface area contributed by atoms with E-state index in [9.17, 15) is 9.59 Å². The molecule has 0 atom stereocenters. The summed E-state index contributed by atoms with van der Waals surface area (Å²) in [6.07, 6.45) is 1.60. The van der Waals surface area contributed by atoms with E-state index in [1.165, 1.54) is 4.90 Å². The number of carbonyl (C=O) groups is 2. The molecule has 2 amide bonds. The molecule has 4 rings (SSSR count). The van der Waals surface area contributed by atoms with Crippen LogP contribution in [0.3, 0.4) is 0 Å². The zero-order valence-electron chi connectivity index (χ0n) is 19.6. The Kier molecular flexibility index (Phi) is 7.19. The third-order valence-electron chi connectivity index (χ3n) is 5.60. The fraction of sp³-hybridized carbons (Fsp3) is 0.259. The van der Waals surface area contributed by atoms with E-state index in [4.69, 9.17) is 20.8 Å². The summed E-state index contributed by atoms with van der Waals surface area (Å²) >= 11 is 7.03. The normalized spacial score (nSPS) is 15.1. The molecule has 0 bridgehead atoms. The molecule has 0 saturated carbocycles. The Morgan fingerprint density at radius 1 is 1.09 bits per heavy atom. The zero-order valence-corrected chi connectivity index (χ0v) is 21.1. The van der Waals surface area contributed by atoms with Crippen LogP contribution in [0.15, 0.2) is 57.9 Å². The van der Waals surface area contributed by atoms with Crippen molar-refractivity contribution in [3.8, 4) is 17.1 Å². The third kappa shape index (κ3) is 5.24. The lowest BCUT2D eigenvalue weighted by molar-refractivity contribution is -0.123. The highest BCUT2D eigenvalue weighted by Gasteiger charge is 2.35. The van der Waals surface area contributed by atoms with Crippen LogP contribution in [0.2, 0.25) is 5.02 Å². The Morgan fingerprint density at radius 2 is 1.88 bits per heavy atom. The van der Waals surface area contributed by atoms with Crippen molar-refractivity contribution in [2.45, 2.75) is 33.6 Å². The molecule has 1 aromatic heterocycles. The molecular weight excluding hydrogens is 470 g/mol. The molecule has 5 nitrogen and oxygen atoms in total. The minimum atomic E-state index is -0.344. The Balaban J connectivity index is 1.44. The summed E-state index contributed by atoms with van der Waals surface area (Å²) in [4.78, 5) is 26.9. The van der Waals surface area contributed by atoms with Gasteiger partial charge in [0.05, 0.1) is 11.4 Å². The van der Waals surface area contributed by atoms with Crippen molar-refractivity contribution in [1.82, 2.24) is 4.90 Å². The van der Waals surface area contributed by atoms with E-state index in [-0.39, 0.29) is 24.3 Å². The Bertz CT molecular complexity index is 1280. The van der Waals surface area contributed by atoms with Crippen molar-refractivity contribution in [1.29, 1.82) is 0 Å². The van der Waals surface area contributed by atoms with Gasteiger partial charge in [-0.3, -0.25) is 14.5 Å². The Morgan fingerprint density at radius 3 is 2.65 bits per heavy atom. The van der Waals surface area contributed by atoms with Crippen molar-refractivity contribution in [2.75, 3.05) is 13.2 Å². The summed E-state index contributed by atoms with van der Waals surface area (Å²) in [6, 6.07) is 15.3. The van der Waals surface area contributed by atoms with Crippen LogP contribution in [-0.4, -0.2) is 29.2 Å². The van der Waals surface area contributed by atoms with Crippen LogP contribution in [0.5, 0.6) is 5.75 Å². The Labute approximate surface area is 208 Å². The van der Waals surface area contributed by atoms with Gasteiger partial charge >= 0.3 is 0 Å². The predicted octanol–water partition coefficient (Wildman–Crippen LogP) is 7.46. The predicted molar refractivity (Wildman–Crippen MR) is 137 cm³/mol. The lowest BCUT2D eigenvalue weighted by atomic mass is 10.0. The van der Waals surface area contributed by atoms with Crippen molar-refractivity contribution in [2.24, 2.45) is 0 Å². The molecule has 1 fully saturated rings. The second kappa shape index (κ2) is 10.1. The van der Waals surface area contributed by atoms with Crippen LogP contribution in [0.4, 0.5) is 4.79 Å². The molecule has 1 aliphatic heterocycles. The van der Waals surface area contributed by atoms with Crippen LogP contribution in [0, 0.1) is 13.8 Å². The van der Waals surface area contributed by atoms with Gasteiger partial charge in [-0.1, -0.05) is 43.6 Å². The van der Waals surface area contributed by atoms with Crippen molar-refractivity contribution in [3.05, 3.63) is 80.9 Å². The van der Waals surface area contributed by atoms with E-state index < -0.39 is 0 Å². The van der Waals surface area contributed by atoms with Crippen molar-refractivity contribution < 1.29 is 18.7 Å². The topological polar surface area (TPSA) is 59.8 Å². The SMILES string of the molecule is Cc1ccc(C(C)C)c(OCCN2C(=O)S/C(=C\c3ccc(-c4cc(Cl)ccc4C)o3)C2=O)c1. The van der Waals surface area contributed by atoms with Gasteiger partial charge < -0.3 is 9.15 Å². The van der Waals surface area contributed by atoms with Gasteiger partial charge in [0.25, 0.3) is 11.1 Å². The van der Waals surface area contributed by atoms with Gasteiger partial charge in [0.15, 0.2) is 0 Å². The molecule has 2 heterocycles. The van der Waals surface area contributed by atoms with Gasteiger partial charge in [0, 0.05) is 16.7 Å². The highest BCUT2D eigenvalue weighted by Crippen LogP contribution is 2.34. The van der Waals surface area contributed by atoms with Gasteiger partial charge in [-0.2, -0.15) is 0 Å². The lowest BCUT2D eigenvalue weighted by Crippen LogP contribution is -2.32. The first-order valence-electron chi connectivity index (χ1n) is 11.1. The minimum Gasteiger partial charge on any atom is -0.491 e. The summed E-state index contributed by atoms with van der Waals surface area (Å²) in [7, 11) is 0. The molecule has 3 aromatic rings. The third-order valence-corrected chi connectivity index (χ3v) is 6.74. The average Bonchev–Trinajstić information content (AvgIpc) is 3.35. The van der Waals surface area contributed by atoms with Gasteiger partial charge in [-0.25, -0.2) is 0 Å². The van der Waals surface area contributed by atoms with Crippen molar-refractivity contribution in [3.63, 3.8) is 0 Å². The number of furan rings is 1. The monoisotopic (exact) mass is 495 g/mol. The average molecular weight is 496 g/mol. The van der Waals surface area contributed by atoms with Crippen LogP contribution in [0.25, 0.3) is 17.4 Å². The molecule has 1 aliphatic rings. The number of imide groups is 1. The molecule has 2 aromatic carbocycles. The van der Waals surface area contributed by atoms with Gasteiger partial charge in [0.2, 0.25) is 0 Å². The molecule has 0 N–H and O–H groups in total. The molecule has 1 saturated heterocycles. The molecule has 0 unspecified atom stereocenters. The number of amides is 2. The number of nitrogens with zero attached hydrogens (tertiary/aromatic N) is 1. The molecule has 0 aliphatic carbocycles. The van der Waals surface area contributed by atoms with E-state index >= 15 is 0 Å². The molecule has 34 heavy (non-hydrogen) atoms. The van der Waals surface area contributed by atoms with E-state index in [1.54, 1.807) is 12.1 Å². The summed E-state index contributed by atoms with van der Waals surface area (Å²) < 4.78 is 11.9. The second-order valence-corrected chi connectivity index (χ2v) is 9.97. The fourth-order valence-electron chi connectivity index (χ4n) is 3.75. The maximum atomic E-state index is 12.9. The van der Waals surface area contributed by atoms with E-state index in [1.807, 2.05) is 44.2 Å². The largest absolute Gasteiger partial charge is 0.491 e. The summed E-state index contributed by atoms with van der Waals surface area (Å²) in [5, 5.41) is 0.304. The zero-order chi connectivity index (χ0) is 24.4. The summed E-state index contributed by atoms with van der Waals surface area (Å²) in [6.45, 7) is 8.60. The maximum absolute atomic E-state index is 12.9. The number of thioether (sulfide) groups is 1. The number of halogens is 1. The number of hydrogen-bond donors (Lipinski definition) is 0. The summed E-state index contributed by atoms with van der Waals surface area (Å²) in [5.74, 6) is 1.90. The number of hydrogen-bond acceptors (Lipinski definition) is 5. The van der Waals surface area contributed by atoms with Gasteiger partial charge in [0.1, 0.15) is 23.9 Å². The number of carbonyl (C=O) groups excluding carboxylic acids is 2. The fourth-order valence-corrected chi connectivity index (χ4v) is 4.76. The smallest absolute Gasteiger partial charge is 0.293 e. The quantitative estimate of drug-likeness (QED) is 0.318. The first-order valence-corrected chi connectivity index (χ1v) is 12.3. The molecule has 176 valence electrons. The maximum Gasteiger partial charge on any atom is 0.293 e. The molecule has 0 radical (unpaired) electrons. The van der Waals surface area contributed by atoms with E-state index in [0.717, 1.165) is 39.8 Å². The minimum absolute atomic E-state index is 0.179. The van der Waals surface area contributed by atoms with E-state index in [0.29, 0.717) is 27.4 Å². The first kappa shape index (κ1) is 24.2. The van der Waals surface area contributed by atoms with Crippen LogP contribution in [-0.2, 0) is 4.79 Å². The van der Waals surface area contributed by atoms with Gasteiger partial charge in [-0.05, 0) is 78.5 Å². The Hall–Kier alpha value is -2.96. The molecular formula is C27H26ClNO4S. The van der Waals surface area contributed by atoms with Crippen LogP contribution < -0.4 is 4.74 Å². The number of ether oxygens (including phenoxy) is 1. The summed E-state index contributed by atoms with van der Waals surface area (Å²) in [5.41, 5.74) is 4.11. The lowest BCUT2D eigenvalue weighted by Gasteiger charge is -2.17. The highest BCUT2D eigenvalue weighted by atomic mass is 35.5. The standard InChI is InChI=1S/C27H26ClNO4S/c1-16(2)21-9-5-17(3)13-24(21)32-12-11-29-26(30)25(34-27(29)31)15-20-8-10-23(33-20)22-14-19(28)7-6-18(22)4/h5-10,13-16H,11-12H2,1-4H3/b25-15-. The molecule has 0 spiro atoms. The number of benzene rings is 2. The highest BCUT2D eigenvalue weighted by molar-refractivity contribution is 8.18. The van der Waals surface area contributed by atoms with Crippen LogP contribution in [0.1, 0.15) is 42.2 Å². The number of aryl methyl sites for hydroxylation is 2. The van der Waals surface area contributed by atoms with E-state index in [2.05, 4.69) is 26.0 Å².